The van der Waals surface area contributed by atoms with Crippen LogP contribution in [0.1, 0.15) is 38.8 Å². The van der Waals surface area contributed by atoms with Crippen molar-refractivity contribution in [2.24, 2.45) is 24.6 Å². The first kappa shape index (κ1) is 14.1. The number of nitrogens with zero attached hydrogens (tertiary/aromatic N) is 3. The second kappa shape index (κ2) is 5.33. The number of piperidine rings is 1. The molecule has 1 aromatic heterocycles. The smallest absolute Gasteiger partial charge is 0.244 e. The maximum atomic E-state index is 12.6. The molecule has 0 spiro atoms. The normalized spacial score (nSPS) is 29.3. The van der Waals surface area contributed by atoms with Crippen molar-refractivity contribution in [2.75, 3.05) is 6.54 Å². The number of carbonyl (C=O) groups is 1. The average Bonchev–Trinajstić information content (AvgIpc) is 2.78. The van der Waals surface area contributed by atoms with Crippen LogP contribution in [0.4, 0.5) is 0 Å². The van der Waals surface area contributed by atoms with Gasteiger partial charge in [0.2, 0.25) is 5.91 Å². The molecule has 2 N–H and O–H groups in total. The summed E-state index contributed by atoms with van der Waals surface area (Å²) >= 11 is 0. The van der Waals surface area contributed by atoms with Crippen LogP contribution in [0.3, 0.4) is 0 Å². The van der Waals surface area contributed by atoms with E-state index in [0.717, 1.165) is 12.1 Å². The molecule has 0 aromatic carbocycles. The summed E-state index contributed by atoms with van der Waals surface area (Å²) in [7, 11) is 1.83. The molecule has 1 saturated heterocycles. The van der Waals surface area contributed by atoms with Gasteiger partial charge in [0.05, 0.1) is 6.20 Å². The molecule has 5 nitrogen and oxygen atoms in total. The highest BCUT2D eigenvalue weighted by molar-refractivity contribution is 5.83. The van der Waals surface area contributed by atoms with Gasteiger partial charge in [0.1, 0.15) is 6.04 Å². The highest BCUT2D eigenvalue weighted by Gasteiger charge is 2.34. The third kappa shape index (κ3) is 2.81. The quantitative estimate of drug-likeness (QED) is 0.876. The fourth-order valence-corrected chi connectivity index (χ4v) is 2.93. The second-order valence-corrected chi connectivity index (χ2v) is 5.97. The van der Waals surface area contributed by atoms with Crippen molar-refractivity contribution >= 4 is 5.91 Å². The summed E-state index contributed by atoms with van der Waals surface area (Å²) < 4.78 is 1.67. The van der Waals surface area contributed by atoms with E-state index in [2.05, 4.69) is 25.9 Å². The van der Waals surface area contributed by atoms with Gasteiger partial charge in [-0.1, -0.05) is 13.8 Å². The van der Waals surface area contributed by atoms with Gasteiger partial charge in [0, 0.05) is 31.4 Å². The minimum Gasteiger partial charge on any atom is -0.338 e. The fourth-order valence-electron chi connectivity index (χ4n) is 2.93. The summed E-state index contributed by atoms with van der Waals surface area (Å²) in [5.41, 5.74) is 6.87. The molecule has 2 rings (SSSR count). The van der Waals surface area contributed by atoms with E-state index in [-0.39, 0.29) is 11.9 Å². The van der Waals surface area contributed by atoms with Crippen LogP contribution in [0.15, 0.2) is 12.4 Å². The topological polar surface area (TPSA) is 64.2 Å². The maximum Gasteiger partial charge on any atom is 0.244 e. The highest BCUT2D eigenvalue weighted by atomic mass is 16.2. The summed E-state index contributed by atoms with van der Waals surface area (Å²) in [6, 6.07) is -0.347. The fraction of sp³-hybridized carbons (Fsp3) is 0.714. The largest absolute Gasteiger partial charge is 0.338 e. The summed E-state index contributed by atoms with van der Waals surface area (Å²) in [5.74, 6) is 1.07. The zero-order valence-corrected chi connectivity index (χ0v) is 12.2. The Kier molecular flexibility index (Phi) is 3.94. The van der Waals surface area contributed by atoms with Crippen molar-refractivity contribution in [3.8, 4) is 0 Å². The summed E-state index contributed by atoms with van der Waals surface area (Å²) in [4.78, 5) is 14.5. The number of aromatic nitrogens is 2. The average molecular weight is 264 g/mol. The first-order valence-electron chi connectivity index (χ1n) is 6.94. The summed E-state index contributed by atoms with van der Waals surface area (Å²) in [6.45, 7) is 7.32. The lowest BCUT2D eigenvalue weighted by Gasteiger charge is -2.42. The molecule has 0 radical (unpaired) electrons. The monoisotopic (exact) mass is 264 g/mol. The van der Waals surface area contributed by atoms with Crippen molar-refractivity contribution in [3.63, 3.8) is 0 Å². The van der Waals surface area contributed by atoms with Crippen LogP contribution in [0.2, 0.25) is 0 Å². The minimum atomic E-state index is -0.603. The van der Waals surface area contributed by atoms with Crippen LogP contribution >= 0.6 is 0 Å². The molecule has 5 heteroatoms. The Morgan fingerprint density at radius 1 is 1.47 bits per heavy atom. The summed E-state index contributed by atoms with van der Waals surface area (Å²) in [5, 5.41) is 4.08. The maximum absolute atomic E-state index is 12.6. The third-order valence-electron chi connectivity index (χ3n) is 4.23. The molecule has 4 unspecified atom stereocenters. The van der Waals surface area contributed by atoms with Crippen LogP contribution in [0.5, 0.6) is 0 Å². The van der Waals surface area contributed by atoms with E-state index in [4.69, 9.17) is 5.73 Å². The molecule has 1 amide bonds. The van der Waals surface area contributed by atoms with Crippen LogP contribution < -0.4 is 5.73 Å². The van der Waals surface area contributed by atoms with Gasteiger partial charge >= 0.3 is 0 Å². The van der Waals surface area contributed by atoms with Gasteiger partial charge in [0.25, 0.3) is 0 Å². The van der Waals surface area contributed by atoms with E-state index >= 15 is 0 Å². The Morgan fingerprint density at radius 3 is 2.74 bits per heavy atom. The predicted octanol–water partition coefficient (Wildman–Crippen LogP) is 1.31. The van der Waals surface area contributed by atoms with Crippen LogP contribution in [0.25, 0.3) is 0 Å². The Bertz CT molecular complexity index is 456. The van der Waals surface area contributed by atoms with Gasteiger partial charge in [-0.05, 0) is 25.2 Å². The van der Waals surface area contributed by atoms with Gasteiger partial charge in [-0.3, -0.25) is 9.48 Å². The molecular weight excluding hydrogens is 240 g/mol. The van der Waals surface area contributed by atoms with Crippen molar-refractivity contribution < 1.29 is 4.79 Å². The molecule has 1 aliphatic heterocycles. The molecule has 1 aliphatic rings. The number of aryl methyl sites for hydroxylation is 1. The van der Waals surface area contributed by atoms with E-state index in [1.807, 2.05) is 18.1 Å². The zero-order valence-electron chi connectivity index (χ0n) is 12.2. The standard InChI is InChI=1S/C14H24N4O/c1-9-5-10(2)11(3)18(7-9)14(19)13(15)12-6-16-17(4)8-12/h6,8-11,13H,5,7,15H2,1-4H3. The molecular formula is C14H24N4O. The Morgan fingerprint density at radius 2 is 2.16 bits per heavy atom. The Labute approximate surface area is 114 Å². The third-order valence-corrected chi connectivity index (χ3v) is 4.23. The molecule has 19 heavy (non-hydrogen) atoms. The SMILES string of the molecule is CC1CC(C)C(C)N(C(=O)C(N)c2cnn(C)c2)C1. The van der Waals surface area contributed by atoms with Crippen molar-refractivity contribution in [1.29, 1.82) is 0 Å². The van der Waals surface area contributed by atoms with E-state index in [9.17, 15) is 4.79 Å². The lowest BCUT2D eigenvalue weighted by Crippen LogP contribution is -2.51. The van der Waals surface area contributed by atoms with Gasteiger partial charge in [-0.25, -0.2) is 0 Å². The van der Waals surface area contributed by atoms with Crippen molar-refractivity contribution in [2.45, 2.75) is 39.3 Å². The van der Waals surface area contributed by atoms with Gasteiger partial charge in [-0.15, -0.1) is 0 Å². The first-order valence-corrected chi connectivity index (χ1v) is 6.94. The van der Waals surface area contributed by atoms with Crippen LogP contribution in [-0.4, -0.2) is 33.2 Å². The number of nitrogens with two attached hydrogens (primary N) is 1. The predicted molar refractivity (Wildman–Crippen MR) is 74.3 cm³/mol. The van der Waals surface area contributed by atoms with E-state index < -0.39 is 6.04 Å². The minimum absolute atomic E-state index is 0.0129. The van der Waals surface area contributed by atoms with E-state index in [0.29, 0.717) is 11.8 Å². The van der Waals surface area contributed by atoms with Crippen molar-refractivity contribution in [1.82, 2.24) is 14.7 Å². The molecule has 2 heterocycles. The molecule has 0 saturated carbocycles. The number of rotatable bonds is 2. The summed E-state index contributed by atoms with van der Waals surface area (Å²) in [6.07, 6.45) is 4.65. The number of hydrogen-bond donors (Lipinski definition) is 1. The lowest BCUT2D eigenvalue weighted by molar-refractivity contribution is -0.138. The van der Waals surface area contributed by atoms with Crippen LogP contribution in [-0.2, 0) is 11.8 Å². The molecule has 1 aromatic rings. The van der Waals surface area contributed by atoms with Gasteiger partial charge in [-0.2, -0.15) is 5.10 Å². The number of amides is 1. The van der Waals surface area contributed by atoms with Gasteiger partial charge < -0.3 is 10.6 Å². The molecule has 106 valence electrons. The zero-order chi connectivity index (χ0) is 14.2. The molecule has 4 atom stereocenters. The lowest BCUT2D eigenvalue weighted by atomic mass is 9.85. The highest BCUT2D eigenvalue weighted by Crippen LogP contribution is 2.28. The molecule has 0 bridgehead atoms. The van der Waals surface area contributed by atoms with Crippen LogP contribution in [0, 0.1) is 11.8 Å². The molecule has 0 aliphatic carbocycles. The second-order valence-electron chi connectivity index (χ2n) is 5.97. The van der Waals surface area contributed by atoms with E-state index in [1.165, 1.54) is 6.42 Å². The molecule has 1 fully saturated rings. The Hall–Kier alpha value is -1.36. The Balaban J connectivity index is 2.14. The number of carbonyl (C=O) groups excluding carboxylic acids is 1. The van der Waals surface area contributed by atoms with E-state index in [1.54, 1.807) is 10.9 Å². The first-order chi connectivity index (χ1) is 8.90. The van der Waals surface area contributed by atoms with Crippen molar-refractivity contribution in [3.05, 3.63) is 18.0 Å². The number of hydrogen-bond acceptors (Lipinski definition) is 3. The van der Waals surface area contributed by atoms with Gasteiger partial charge in [0.15, 0.2) is 0 Å². The number of likely N-dealkylation sites (tertiary alicyclic amines) is 1.